The molecular formula is C19H18F4N4O. The molecule has 1 aliphatic rings. The predicted molar refractivity (Wildman–Crippen MR) is 95.2 cm³/mol. The molecule has 1 atom stereocenters. The maximum absolute atomic E-state index is 14.0. The van der Waals surface area contributed by atoms with Gasteiger partial charge in [0.15, 0.2) is 0 Å². The van der Waals surface area contributed by atoms with Crippen molar-refractivity contribution in [1.29, 1.82) is 5.26 Å². The van der Waals surface area contributed by atoms with Crippen molar-refractivity contribution < 1.29 is 22.4 Å². The average Bonchev–Trinajstić information content (AvgIpc) is 2.64. The zero-order valence-corrected chi connectivity index (χ0v) is 15.1. The molecule has 0 bridgehead atoms. The molecule has 9 heteroatoms. The summed E-state index contributed by atoms with van der Waals surface area (Å²) < 4.78 is 51.1. The SMILES string of the molecule is Cc1cc(F)cc2c(N3CCCC(C(=O)NCC(F)(F)F)C3)c(C#N)cnc12. The molecule has 1 aromatic heterocycles. The van der Waals surface area contributed by atoms with Crippen LogP contribution >= 0.6 is 0 Å². The molecular weight excluding hydrogens is 376 g/mol. The first kappa shape index (κ1) is 19.9. The summed E-state index contributed by atoms with van der Waals surface area (Å²) in [4.78, 5) is 18.2. The molecule has 2 aromatic rings. The van der Waals surface area contributed by atoms with Crippen LogP contribution in [-0.4, -0.2) is 36.7 Å². The van der Waals surface area contributed by atoms with Crippen LogP contribution in [0.3, 0.4) is 0 Å². The number of piperidine rings is 1. The summed E-state index contributed by atoms with van der Waals surface area (Å²) in [5.41, 5.74) is 1.84. The highest BCUT2D eigenvalue weighted by Gasteiger charge is 2.32. The van der Waals surface area contributed by atoms with Crippen molar-refractivity contribution in [2.45, 2.75) is 25.9 Å². The van der Waals surface area contributed by atoms with Crippen LogP contribution in [0.2, 0.25) is 0 Å². The number of hydrogen-bond acceptors (Lipinski definition) is 4. The van der Waals surface area contributed by atoms with Crippen LogP contribution < -0.4 is 10.2 Å². The minimum absolute atomic E-state index is 0.146. The Morgan fingerprint density at radius 2 is 2.18 bits per heavy atom. The number of amides is 1. The van der Waals surface area contributed by atoms with Crippen molar-refractivity contribution >= 4 is 22.5 Å². The summed E-state index contributed by atoms with van der Waals surface area (Å²) in [6.07, 6.45) is -2.07. The van der Waals surface area contributed by atoms with E-state index in [1.165, 1.54) is 18.3 Å². The average molecular weight is 394 g/mol. The molecule has 1 amide bonds. The summed E-state index contributed by atoms with van der Waals surface area (Å²) in [7, 11) is 0. The minimum atomic E-state index is -4.48. The summed E-state index contributed by atoms with van der Waals surface area (Å²) in [5.74, 6) is -1.80. The number of aryl methyl sites for hydroxylation is 1. The topological polar surface area (TPSA) is 69.0 Å². The van der Waals surface area contributed by atoms with Crippen molar-refractivity contribution in [2.24, 2.45) is 5.92 Å². The third kappa shape index (κ3) is 4.16. The lowest BCUT2D eigenvalue weighted by molar-refractivity contribution is -0.140. The van der Waals surface area contributed by atoms with E-state index in [-0.39, 0.29) is 12.1 Å². The molecule has 2 heterocycles. The van der Waals surface area contributed by atoms with Crippen molar-refractivity contribution in [3.63, 3.8) is 0 Å². The second-order valence-corrected chi connectivity index (χ2v) is 6.87. The Kier molecular flexibility index (Phi) is 5.40. The van der Waals surface area contributed by atoms with E-state index in [4.69, 9.17) is 0 Å². The number of carbonyl (C=O) groups excluding carboxylic acids is 1. The highest BCUT2D eigenvalue weighted by Crippen LogP contribution is 2.34. The van der Waals surface area contributed by atoms with Gasteiger partial charge >= 0.3 is 6.18 Å². The second-order valence-electron chi connectivity index (χ2n) is 6.87. The first-order valence-electron chi connectivity index (χ1n) is 8.78. The monoisotopic (exact) mass is 394 g/mol. The van der Waals surface area contributed by atoms with Crippen LogP contribution in [0.1, 0.15) is 24.0 Å². The molecule has 1 aliphatic heterocycles. The van der Waals surface area contributed by atoms with Crippen molar-refractivity contribution in [3.05, 3.63) is 35.3 Å². The van der Waals surface area contributed by atoms with E-state index in [1.807, 2.05) is 11.4 Å². The highest BCUT2D eigenvalue weighted by molar-refractivity contribution is 5.96. The van der Waals surface area contributed by atoms with Crippen LogP contribution in [0.5, 0.6) is 0 Å². The Labute approximate surface area is 159 Å². The van der Waals surface area contributed by atoms with Gasteiger partial charge in [0, 0.05) is 24.7 Å². The van der Waals surface area contributed by atoms with Gasteiger partial charge < -0.3 is 10.2 Å². The minimum Gasteiger partial charge on any atom is -0.369 e. The number of rotatable bonds is 3. The molecule has 0 aliphatic carbocycles. The van der Waals surface area contributed by atoms with E-state index in [0.717, 1.165) is 0 Å². The molecule has 0 saturated carbocycles. The van der Waals surface area contributed by atoms with Gasteiger partial charge in [0.1, 0.15) is 18.4 Å². The number of alkyl halides is 3. The quantitative estimate of drug-likeness (QED) is 0.810. The van der Waals surface area contributed by atoms with Gasteiger partial charge in [-0.3, -0.25) is 9.78 Å². The van der Waals surface area contributed by atoms with Gasteiger partial charge in [-0.05, 0) is 37.5 Å². The number of aromatic nitrogens is 1. The van der Waals surface area contributed by atoms with Gasteiger partial charge in [-0.1, -0.05) is 0 Å². The zero-order valence-electron chi connectivity index (χ0n) is 15.1. The largest absolute Gasteiger partial charge is 0.405 e. The molecule has 5 nitrogen and oxygen atoms in total. The van der Waals surface area contributed by atoms with E-state index in [2.05, 4.69) is 4.98 Å². The number of halogens is 4. The fourth-order valence-electron chi connectivity index (χ4n) is 3.57. The van der Waals surface area contributed by atoms with Gasteiger partial charge in [0.25, 0.3) is 0 Å². The summed E-state index contributed by atoms with van der Waals surface area (Å²) in [6.45, 7) is 0.978. The number of benzene rings is 1. The van der Waals surface area contributed by atoms with Gasteiger partial charge in [-0.2, -0.15) is 18.4 Å². The molecule has 3 rings (SSSR count). The number of anilines is 1. The van der Waals surface area contributed by atoms with E-state index in [1.54, 1.807) is 11.8 Å². The lowest BCUT2D eigenvalue weighted by Gasteiger charge is -2.35. The zero-order chi connectivity index (χ0) is 20.5. The fourth-order valence-corrected chi connectivity index (χ4v) is 3.57. The van der Waals surface area contributed by atoms with E-state index < -0.39 is 30.4 Å². The van der Waals surface area contributed by atoms with Crippen LogP contribution in [0, 0.1) is 30.0 Å². The molecule has 148 valence electrons. The number of nitrogens with one attached hydrogen (secondary N) is 1. The number of nitriles is 1. The van der Waals surface area contributed by atoms with E-state index >= 15 is 0 Å². The third-order valence-corrected chi connectivity index (χ3v) is 4.79. The molecule has 1 N–H and O–H groups in total. The number of fused-ring (bicyclic) bond motifs is 1. The summed E-state index contributed by atoms with van der Waals surface area (Å²) in [5, 5.41) is 11.9. The third-order valence-electron chi connectivity index (χ3n) is 4.79. The Morgan fingerprint density at radius 3 is 2.86 bits per heavy atom. The lowest BCUT2D eigenvalue weighted by Crippen LogP contribution is -2.45. The molecule has 28 heavy (non-hydrogen) atoms. The fraction of sp³-hybridized carbons (Fsp3) is 0.421. The standard InChI is InChI=1S/C19H18F4N4O/c1-11-5-14(20)6-15-16(11)25-8-13(7-24)17(15)27-4-2-3-12(9-27)18(28)26-10-19(21,22)23/h5-6,8,12H,2-4,9-10H2,1H3,(H,26,28). The number of hydrogen-bond donors (Lipinski definition) is 1. The highest BCUT2D eigenvalue weighted by atomic mass is 19.4. The Bertz CT molecular complexity index is 952. The summed E-state index contributed by atoms with van der Waals surface area (Å²) >= 11 is 0. The molecule has 0 radical (unpaired) electrons. The second kappa shape index (κ2) is 7.62. The van der Waals surface area contributed by atoms with Gasteiger partial charge in [-0.15, -0.1) is 0 Å². The predicted octanol–water partition coefficient (Wildman–Crippen LogP) is 3.45. The van der Waals surface area contributed by atoms with E-state index in [0.29, 0.717) is 41.5 Å². The van der Waals surface area contributed by atoms with Gasteiger partial charge in [0.2, 0.25) is 5.91 Å². The Morgan fingerprint density at radius 1 is 1.43 bits per heavy atom. The van der Waals surface area contributed by atoms with Crippen LogP contribution in [-0.2, 0) is 4.79 Å². The first-order valence-corrected chi connectivity index (χ1v) is 8.78. The normalized spacial score (nSPS) is 17.4. The van der Waals surface area contributed by atoms with Crippen LogP contribution in [0.4, 0.5) is 23.2 Å². The number of nitrogens with zero attached hydrogens (tertiary/aromatic N) is 3. The first-order chi connectivity index (χ1) is 13.2. The van der Waals surface area contributed by atoms with Crippen molar-refractivity contribution in [3.8, 4) is 6.07 Å². The van der Waals surface area contributed by atoms with Gasteiger partial charge in [-0.25, -0.2) is 4.39 Å². The van der Waals surface area contributed by atoms with Gasteiger partial charge in [0.05, 0.1) is 22.7 Å². The molecule has 1 unspecified atom stereocenters. The maximum atomic E-state index is 14.0. The smallest absolute Gasteiger partial charge is 0.369 e. The van der Waals surface area contributed by atoms with Crippen LogP contribution in [0.15, 0.2) is 18.3 Å². The molecule has 1 fully saturated rings. The number of carbonyl (C=O) groups is 1. The lowest BCUT2D eigenvalue weighted by atomic mass is 9.95. The molecule has 0 spiro atoms. The van der Waals surface area contributed by atoms with Crippen LogP contribution in [0.25, 0.3) is 10.9 Å². The number of pyridine rings is 1. The van der Waals surface area contributed by atoms with Crippen molar-refractivity contribution in [1.82, 2.24) is 10.3 Å². The Hall–Kier alpha value is -2.89. The van der Waals surface area contributed by atoms with Crippen molar-refractivity contribution in [2.75, 3.05) is 24.5 Å². The van der Waals surface area contributed by atoms with E-state index in [9.17, 15) is 27.6 Å². The maximum Gasteiger partial charge on any atom is 0.405 e. The molecule has 1 aromatic carbocycles. The Balaban J connectivity index is 1.93. The molecule has 1 saturated heterocycles. The summed E-state index contributed by atoms with van der Waals surface area (Å²) in [6, 6.07) is 4.67.